The summed E-state index contributed by atoms with van der Waals surface area (Å²) in [4.78, 5) is 23.9. The molecule has 2 amide bonds. The molecule has 6 nitrogen and oxygen atoms in total. The molecule has 0 bridgehead atoms. The number of rotatable bonds is 5. The van der Waals surface area contributed by atoms with Gasteiger partial charge in [-0.25, -0.2) is 0 Å². The summed E-state index contributed by atoms with van der Waals surface area (Å²) in [7, 11) is 0. The van der Waals surface area contributed by atoms with Crippen molar-refractivity contribution in [1.82, 2.24) is 5.32 Å². The monoisotopic (exact) mass is 330 g/mol. The molecule has 2 rings (SSSR count). The van der Waals surface area contributed by atoms with Gasteiger partial charge in [-0.05, 0) is 50.1 Å². The van der Waals surface area contributed by atoms with Crippen molar-refractivity contribution >= 4 is 17.5 Å². The zero-order valence-electron chi connectivity index (χ0n) is 14.1. The van der Waals surface area contributed by atoms with Crippen molar-refractivity contribution in [3.8, 4) is 0 Å². The maximum atomic E-state index is 12.0. The van der Waals surface area contributed by atoms with Gasteiger partial charge >= 0.3 is 11.8 Å². The van der Waals surface area contributed by atoms with Gasteiger partial charge in [0.2, 0.25) is 0 Å². The average Bonchev–Trinajstić information content (AvgIpc) is 3.01. The molecule has 2 aromatic rings. The van der Waals surface area contributed by atoms with Gasteiger partial charge in [-0.3, -0.25) is 9.59 Å². The molecule has 0 saturated carbocycles. The summed E-state index contributed by atoms with van der Waals surface area (Å²) in [6.07, 6.45) is 1.75. The van der Waals surface area contributed by atoms with E-state index < -0.39 is 17.4 Å². The van der Waals surface area contributed by atoms with E-state index in [1.807, 2.05) is 26.0 Å². The van der Waals surface area contributed by atoms with Crippen LogP contribution < -0.4 is 10.6 Å². The van der Waals surface area contributed by atoms with E-state index >= 15 is 0 Å². The van der Waals surface area contributed by atoms with Crippen LogP contribution in [0.5, 0.6) is 0 Å². The van der Waals surface area contributed by atoms with E-state index in [-0.39, 0.29) is 13.0 Å². The number of anilines is 1. The van der Waals surface area contributed by atoms with Crippen LogP contribution in [-0.2, 0) is 16.0 Å². The Bertz CT molecular complexity index is 721. The van der Waals surface area contributed by atoms with E-state index in [1.165, 1.54) is 6.26 Å². The fourth-order valence-electron chi connectivity index (χ4n) is 2.27. The number of furan rings is 1. The molecule has 6 heteroatoms. The zero-order valence-corrected chi connectivity index (χ0v) is 14.1. The molecule has 128 valence electrons. The van der Waals surface area contributed by atoms with Gasteiger partial charge in [-0.15, -0.1) is 0 Å². The van der Waals surface area contributed by atoms with Crippen molar-refractivity contribution in [2.75, 3.05) is 11.9 Å². The van der Waals surface area contributed by atoms with Crippen LogP contribution in [0.3, 0.4) is 0 Å². The summed E-state index contributed by atoms with van der Waals surface area (Å²) in [5, 5.41) is 15.3. The lowest BCUT2D eigenvalue weighted by Gasteiger charge is -2.22. The summed E-state index contributed by atoms with van der Waals surface area (Å²) in [6.45, 7) is 5.30. The largest absolute Gasteiger partial charge is 0.469 e. The molecule has 0 aliphatic heterocycles. The second-order valence-electron chi connectivity index (χ2n) is 6.14. The highest BCUT2D eigenvalue weighted by molar-refractivity contribution is 6.39. The van der Waals surface area contributed by atoms with E-state index in [1.54, 1.807) is 25.1 Å². The van der Waals surface area contributed by atoms with E-state index in [2.05, 4.69) is 10.6 Å². The van der Waals surface area contributed by atoms with Gasteiger partial charge in [0.05, 0.1) is 11.9 Å². The third kappa shape index (κ3) is 4.70. The summed E-state index contributed by atoms with van der Waals surface area (Å²) in [6, 6.07) is 8.94. The smallest absolute Gasteiger partial charge is 0.313 e. The number of hydrogen-bond donors (Lipinski definition) is 3. The first-order valence-corrected chi connectivity index (χ1v) is 7.69. The predicted molar refractivity (Wildman–Crippen MR) is 90.6 cm³/mol. The molecule has 0 aliphatic rings. The molecular formula is C18H22N2O4. The lowest BCUT2D eigenvalue weighted by atomic mass is 10.0. The molecule has 1 heterocycles. The SMILES string of the molecule is Cc1cccc(NC(=O)C(=O)NCC(C)(O)Cc2ccco2)c1C. The lowest BCUT2D eigenvalue weighted by molar-refractivity contribution is -0.136. The Labute approximate surface area is 140 Å². The zero-order chi connectivity index (χ0) is 17.7. The molecule has 1 unspecified atom stereocenters. The maximum Gasteiger partial charge on any atom is 0.313 e. The van der Waals surface area contributed by atoms with Gasteiger partial charge in [0, 0.05) is 18.7 Å². The number of carbonyl (C=O) groups excluding carboxylic acids is 2. The number of aliphatic hydroxyl groups is 1. The van der Waals surface area contributed by atoms with Crippen LogP contribution >= 0.6 is 0 Å². The molecule has 1 atom stereocenters. The van der Waals surface area contributed by atoms with Gasteiger partial charge in [-0.1, -0.05) is 12.1 Å². The number of benzene rings is 1. The highest BCUT2D eigenvalue weighted by Gasteiger charge is 2.25. The van der Waals surface area contributed by atoms with Gasteiger partial charge in [0.25, 0.3) is 0 Å². The number of aryl methyl sites for hydroxylation is 1. The quantitative estimate of drug-likeness (QED) is 0.731. The second-order valence-corrected chi connectivity index (χ2v) is 6.14. The molecule has 24 heavy (non-hydrogen) atoms. The number of hydrogen-bond acceptors (Lipinski definition) is 4. The van der Waals surface area contributed by atoms with Crippen molar-refractivity contribution < 1.29 is 19.1 Å². The molecule has 1 aromatic heterocycles. The molecule has 0 fully saturated rings. The van der Waals surface area contributed by atoms with Gasteiger partial charge in [0.1, 0.15) is 5.76 Å². The molecule has 0 aliphatic carbocycles. The fourth-order valence-corrected chi connectivity index (χ4v) is 2.27. The fraction of sp³-hybridized carbons (Fsp3) is 0.333. The minimum atomic E-state index is -1.22. The second kappa shape index (κ2) is 7.31. The minimum absolute atomic E-state index is 0.0627. The highest BCUT2D eigenvalue weighted by atomic mass is 16.3. The summed E-state index contributed by atoms with van der Waals surface area (Å²) >= 11 is 0. The van der Waals surface area contributed by atoms with Gasteiger partial charge < -0.3 is 20.2 Å². The average molecular weight is 330 g/mol. The Morgan fingerprint density at radius 1 is 1.17 bits per heavy atom. The topological polar surface area (TPSA) is 91.6 Å². The Hall–Kier alpha value is -2.60. The number of nitrogens with one attached hydrogen (secondary N) is 2. The molecule has 3 N–H and O–H groups in total. The Balaban J connectivity index is 1.89. The van der Waals surface area contributed by atoms with E-state index in [0.717, 1.165) is 11.1 Å². The van der Waals surface area contributed by atoms with Crippen molar-refractivity contribution in [3.05, 3.63) is 53.5 Å². The lowest BCUT2D eigenvalue weighted by Crippen LogP contribution is -2.45. The first-order valence-electron chi connectivity index (χ1n) is 7.69. The third-order valence-corrected chi connectivity index (χ3v) is 3.82. The van der Waals surface area contributed by atoms with Crippen molar-refractivity contribution in [2.24, 2.45) is 0 Å². The highest BCUT2D eigenvalue weighted by Crippen LogP contribution is 2.18. The van der Waals surface area contributed by atoms with Crippen LogP contribution in [0.25, 0.3) is 0 Å². The van der Waals surface area contributed by atoms with Crippen LogP contribution in [0, 0.1) is 13.8 Å². The Morgan fingerprint density at radius 2 is 1.92 bits per heavy atom. The standard InChI is InChI=1S/C18H22N2O4/c1-12-6-4-8-15(13(12)2)20-17(22)16(21)19-11-18(3,23)10-14-7-5-9-24-14/h4-9,23H,10-11H2,1-3H3,(H,19,21)(H,20,22). The van der Waals surface area contributed by atoms with Crippen LogP contribution in [-0.4, -0.2) is 29.1 Å². The van der Waals surface area contributed by atoms with Crippen molar-refractivity contribution in [1.29, 1.82) is 0 Å². The van der Waals surface area contributed by atoms with Crippen molar-refractivity contribution in [3.63, 3.8) is 0 Å². The predicted octanol–water partition coefficient (Wildman–Crippen LogP) is 1.94. The Morgan fingerprint density at radius 3 is 2.58 bits per heavy atom. The van der Waals surface area contributed by atoms with E-state index in [0.29, 0.717) is 11.4 Å². The summed E-state index contributed by atoms with van der Waals surface area (Å²) < 4.78 is 5.17. The van der Waals surface area contributed by atoms with Gasteiger partial charge in [0.15, 0.2) is 0 Å². The molecule has 0 spiro atoms. The van der Waals surface area contributed by atoms with Crippen LogP contribution in [0.1, 0.15) is 23.8 Å². The van der Waals surface area contributed by atoms with Crippen LogP contribution in [0.15, 0.2) is 41.0 Å². The maximum absolute atomic E-state index is 12.0. The minimum Gasteiger partial charge on any atom is -0.469 e. The Kier molecular flexibility index (Phi) is 5.41. The number of amides is 2. The molecule has 0 radical (unpaired) electrons. The van der Waals surface area contributed by atoms with Crippen LogP contribution in [0.4, 0.5) is 5.69 Å². The van der Waals surface area contributed by atoms with E-state index in [4.69, 9.17) is 4.42 Å². The third-order valence-electron chi connectivity index (χ3n) is 3.82. The molecule has 0 saturated heterocycles. The van der Waals surface area contributed by atoms with Crippen molar-refractivity contribution in [2.45, 2.75) is 32.8 Å². The molecule has 1 aromatic carbocycles. The summed E-state index contributed by atoms with van der Waals surface area (Å²) in [5.74, 6) is -0.956. The normalized spacial score (nSPS) is 13.2. The first kappa shape index (κ1) is 17.7. The summed E-state index contributed by atoms with van der Waals surface area (Å²) in [5.41, 5.74) is 1.31. The first-order chi connectivity index (χ1) is 11.3. The van der Waals surface area contributed by atoms with E-state index in [9.17, 15) is 14.7 Å². The van der Waals surface area contributed by atoms with Crippen LogP contribution in [0.2, 0.25) is 0 Å². The van der Waals surface area contributed by atoms with Gasteiger partial charge in [-0.2, -0.15) is 0 Å². The molecular weight excluding hydrogens is 308 g/mol. The number of carbonyl (C=O) groups is 2.